The summed E-state index contributed by atoms with van der Waals surface area (Å²) in [6, 6.07) is 1.61. The molecule has 1 unspecified atom stereocenters. The van der Waals surface area contributed by atoms with E-state index in [1.807, 2.05) is 13.8 Å². The first-order chi connectivity index (χ1) is 9.79. The van der Waals surface area contributed by atoms with E-state index in [2.05, 4.69) is 13.8 Å². The Morgan fingerprint density at radius 1 is 1.24 bits per heavy atom. The Labute approximate surface area is 127 Å². The molecule has 118 valence electrons. The van der Waals surface area contributed by atoms with Crippen LogP contribution in [0.5, 0.6) is 0 Å². The number of carbonyl (C=O) groups excluding carboxylic acids is 1. The average Bonchev–Trinajstić information content (AvgIpc) is 2.35. The fourth-order valence-electron chi connectivity index (χ4n) is 2.66. The number of ether oxygens (including phenoxy) is 1. The van der Waals surface area contributed by atoms with Crippen molar-refractivity contribution in [3.05, 3.63) is 33.2 Å². The number of pyridine rings is 1. The summed E-state index contributed by atoms with van der Waals surface area (Å²) in [7, 11) is 0. The van der Waals surface area contributed by atoms with Gasteiger partial charge in [0, 0.05) is 17.8 Å². The van der Waals surface area contributed by atoms with Gasteiger partial charge in [0.05, 0.1) is 12.2 Å². The van der Waals surface area contributed by atoms with E-state index in [0.717, 1.165) is 12.8 Å². The molecule has 1 rings (SSSR count). The molecule has 1 atom stereocenters. The van der Waals surface area contributed by atoms with Gasteiger partial charge in [-0.3, -0.25) is 4.79 Å². The van der Waals surface area contributed by atoms with Gasteiger partial charge in [0.2, 0.25) is 0 Å². The smallest absolute Gasteiger partial charge is 0.340 e. The zero-order valence-electron chi connectivity index (χ0n) is 14.0. The Kier molecular flexibility index (Phi) is 6.19. The Hall–Kier alpha value is -1.58. The topological polar surface area (TPSA) is 48.3 Å². The Morgan fingerprint density at radius 2 is 1.86 bits per heavy atom. The molecule has 1 aromatic rings. The number of carbonyl (C=O) groups is 1. The lowest BCUT2D eigenvalue weighted by molar-refractivity contribution is 0.0523. The van der Waals surface area contributed by atoms with E-state index in [1.165, 1.54) is 6.07 Å². The molecule has 1 aromatic heterocycles. The maximum atomic E-state index is 12.3. The van der Waals surface area contributed by atoms with Crippen LogP contribution in [0.2, 0.25) is 0 Å². The van der Waals surface area contributed by atoms with Crippen LogP contribution in [-0.4, -0.2) is 17.1 Å². The minimum absolute atomic E-state index is 0.0469. The second kappa shape index (κ2) is 7.43. The lowest BCUT2D eigenvalue weighted by atomic mass is 10.0. The van der Waals surface area contributed by atoms with Gasteiger partial charge in [0.1, 0.15) is 0 Å². The van der Waals surface area contributed by atoms with Crippen LogP contribution in [0.3, 0.4) is 0 Å². The molecular formula is C17H27NO3. The number of hydrogen-bond acceptors (Lipinski definition) is 3. The zero-order valence-corrected chi connectivity index (χ0v) is 14.0. The molecule has 0 radical (unpaired) electrons. The number of aromatic nitrogens is 1. The highest BCUT2D eigenvalue weighted by molar-refractivity contribution is 5.92. The number of hydrogen-bond donors (Lipinski definition) is 0. The van der Waals surface area contributed by atoms with Gasteiger partial charge in [-0.25, -0.2) is 4.79 Å². The first-order valence-corrected chi connectivity index (χ1v) is 7.69. The van der Waals surface area contributed by atoms with Crippen molar-refractivity contribution in [3.8, 4) is 0 Å². The summed E-state index contributed by atoms with van der Waals surface area (Å²) >= 11 is 0. The van der Waals surface area contributed by atoms with Crippen LogP contribution in [0.4, 0.5) is 0 Å². The van der Waals surface area contributed by atoms with Crippen LogP contribution >= 0.6 is 0 Å². The Bertz CT molecular complexity index is 558. The summed E-state index contributed by atoms with van der Waals surface area (Å²) in [5.41, 5.74) is 1.86. The Balaban J connectivity index is 3.24. The molecule has 0 bridgehead atoms. The van der Waals surface area contributed by atoms with Gasteiger partial charge in [-0.1, -0.05) is 13.8 Å². The molecule has 0 spiro atoms. The third kappa shape index (κ3) is 4.19. The molecule has 0 aromatic carbocycles. The van der Waals surface area contributed by atoms with E-state index in [-0.39, 0.29) is 17.6 Å². The molecule has 4 nitrogen and oxygen atoms in total. The number of nitrogens with zero attached hydrogens (tertiary/aromatic N) is 1. The second-order valence-electron chi connectivity index (χ2n) is 6.04. The number of rotatable bonds is 6. The highest BCUT2D eigenvalue weighted by atomic mass is 16.5. The molecule has 1 heterocycles. The lowest BCUT2D eigenvalue weighted by Crippen LogP contribution is -2.28. The van der Waals surface area contributed by atoms with Crippen molar-refractivity contribution >= 4 is 5.97 Å². The zero-order chi connectivity index (χ0) is 16.2. The predicted octanol–water partition coefficient (Wildman–Crippen LogP) is 3.64. The van der Waals surface area contributed by atoms with Gasteiger partial charge < -0.3 is 9.30 Å². The van der Waals surface area contributed by atoms with Gasteiger partial charge in [0.15, 0.2) is 0 Å². The van der Waals surface area contributed by atoms with E-state index in [9.17, 15) is 9.59 Å². The van der Waals surface area contributed by atoms with Gasteiger partial charge in [-0.15, -0.1) is 0 Å². The maximum Gasteiger partial charge on any atom is 0.340 e. The summed E-state index contributed by atoms with van der Waals surface area (Å²) in [6.45, 7) is 12.1. The standard InChI is InChI=1S/C17H27NO3/c1-7-21-17(20)16-12(4)10-15(19)18(14(16)6)13(5)9-8-11(2)3/h10-11,13H,7-9H2,1-6H3. The Morgan fingerprint density at radius 3 is 2.38 bits per heavy atom. The van der Waals surface area contributed by atoms with Crippen LogP contribution in [0, 0.1) is 19.8 Å². The molecule has 0 saturated carbocycles. The van der Waals surface area contributed by atoms with Crippen molar-refractivity contribution < 1.29 is 9.53 Å². The molecule has 0 aliphatic heterocycles. The van der Waals surface area contributed by atoms with Crippen LogP contribution in [-0.2, 0) is 4.74 Å². The van der Waals surface area contributed by atoms with Gasteiger partial charge in [0.25, 0.3) is 5.56 Å². The van der Waals surface area contributed by atoms with Crippen molar-refractivity contribution in [2.24, 2.45) is 5.92 Å². The SMILES string of the molecule is CCOC(=O)c1c(C)cc(=O)n(C(C)CCC(C)C)c1C. The summed E-state index contributed by atoms with van der Waals surface area (Å²) in [4.78, 5) is 24.4. The van der Waals surface area contributed by atoms with E-state index in [4.69, 9.17) is 4.74 Å². The normalized spacial score (nSPS) is 12.5. The molecule has 0 fully saturated rings. The third-order valence-corrected chi connectivity index (χ3v) is 3.78. The molecule has 0 amide bonds. The maximum absolute atomic E-state index is 12.3. The molecule has 0 saturated heterocycles. The minimum Gasteiger partial charge on any atom is -0.462 e. The monoisotopic (exact) mass is 293 g/mol. The lowest BCUT2D eigenvalue weighted by Gasteiger charge is -2.21. The summed E-state index contributed by atoms with van der Waals surface area (Å²) in [5, 5.41) is 0. The molecule has 0 N–H and O–H groups in total. The summed E-state index contributed by atoms with van der Waals surface area (Å²) < 4.78 is 6.83. The van der Waals surface area contributed by atoms with Crippen molar-refractivity contribution in [1.82, 2.24) is 4.57 Å². The highest BCUT2D eigenvalue weighted by Gasteiger charge is 2.20. The van der Waals surface area contributed by atoms with Crippen molar-refractivity contribution in [2.75, 3.05) is 6.61 Å². The van der Waals surface area contributed by atoms with Gasteiger partial charge in [-0.2, -0.15) is 0 Å². The summed E-state index contributed by atoms with van der Waals surface area (Å²) in [5.74, 6) is 0.246. The average molecular weight is 293 g/mol. The highest BCUT2D eigenvalue weighted by Crippen LogP contribution is 2.20. The van der Waals surface area contributed by atoms with Gasteiger partial charge in [-0.05, 0) is 52.0 Å². The largest absolute Gasteiger partial charge is 0.462 e. The van der Waals surface area contributed by atoms with Crippen molar-refractivity contribution in [2.45, 2.75) is 60.4 Å². The van der Waals surface area contributed by atoms with Crippen LogP contribution in [0.15, 0.2) is 10.9 Å². The molecular weight excluding hydrogens is 266 g/mol. The quantitative estimate of drug-likeness (QED) is 0.752. The van der Waals surface area contributed by atoms with Crippen LogP contribution in [0.1, 0.15) is 68.2 Å². The minimum atomic E-state index is -0.350. The fraction of sp³-hybridized carbons (Fsp3) is 0.647. The van der Waals surface area contributed by atoms with Crippen LogP contribution in [0.25, 0.3) is 0 Å². The predicted molar refractivity (Wildman–Crippen MR) is 84.9 cm³/mol. The third-order valence-electron chi connectivity index (χ3n) is 3.78. The molecule has 0 aliphatic carbocycles. The van der Waals surface area contributed by atoms with Crippen molar-refractivity contribution in [3.63, 3.8) is 0 Å². The van der Waals surface area contributed by atoms with E-state index < -0.39 is 0 Å². The number of esters is 1. The summed E-state index contributed by atoms with van der Waals surface area (Å²) in [6.07, 6.45) is 1.97. The molecule has 21 heavy (non-hydrogen) atoms. The molecule has 0 aliphatic rings. The first-order valence-electron chi connectivity index (χ1n) is 7.69. The van der Waals surface area contributed by atoms with E-state index in [0.29, 0.717) is 29.3 Å². The van der Waals surface area contributed by atoms with E-state index >= 15 is 0 Å². The molecule has 4 heteroatoms. The van der Waals surface area contributed by atoms with E-state index in [1.54, 1.807) is 18.4 Å². The van der Waals surface area contributed by atoms with Crippen molar-refractivity contribution in [1.29, 1.82) is 0 Å². The second-order valence-corrected chi connectivity index (χ2v) is 6.04. The first kappa shape index (κ1) is 17.5. The van der Waals surface area contributed by atoms with Gasteiger partial charge >= 0.3 is 5.97 Å². The van der Waals surface area contributed by atoms with Crippen LogP contribution < -0.4 is 5.56 Å². The fourth-order valence-corrected chi connectivity index (χ4v) is 2.66. The number of aryl methyl sites for hydroxylation is 1.